The van der Waals surface area contributed by atoms with Crippen molar-refractivity contribution in [2.45, 2.75) is 51.2 Å². The van der Waals surface area contributed by atoms with Crippen LogP contribution in [0.5, 0.6) is 0 Å². The lowest BCUT2D eigenvalue weighted by Crippen LogP contribution is -2.29. The summed E-state index contributed by atoms with van der Waals surface area (Å²) >= 11 is 0. The van der Waals surface area contributed by atoms with Crippen LogP contribution in [0.1, 0.15) is 45.6 Å². The van der Waals surface area contributed by atoms with Crippen molar-refractivity contribution in [3.05, 3.63) is 29.4 Å². The highest BCUT2D eigenvalue weighted by Crippen LogP contribution is 2.38. The molecule has 7 heteroatoms. The molecular formula is C17H19FN4O2. The van der Waals surface area contributed by atoms with E-state index < -0.39 is 11.4 Å². The molecule has 2 aromatic rings. The molecule has 1 heterocycles. The number of hydrogen-bond donors (Lipinski definition) is 2. The summed E-state index contributed by atoms with van der Waals surface area (Å²) in [5.74, 6) is -0.691. The molecule has 1 amide bonds. The highest BCUT2D eigenvalue weighted by Gasteiger charge is 2.27. The zero-order valence-corrected chi connectivity index (χ0v) is 13.6. The normalized spacial score (nSPS) is 15.1. The molecular weight excluding hydrogens is 311 g/mol. The van der Waals surface area contributed by atoms with Gasteiger partial charge in [0.25, 0.3) is 0 Å². The molecule has 3 rings (SSSR count). The second kappa shape index (κ2) is 5.87. The summed E-state index contributed by atoms with van der Waals surface area (Å²) < 4.78 is 16.1. The first-order valence-corrected chi connectivity index (χ1v) is 7.89. The van der Waals surface area contributed by atoms with Gasteiger partial charge < -0.3 is 9.67 Å². The fourth-order valence-corrected chi connectivity index (χ4v) is 2.87. The largest absolute Gasteiger partial charge is 0.390 e. The number of aromatic nitrogens is 2. The summed E-state index contributed by atoms with van der Waals surface area (Å²) in [5, 5.41) is 12.5. The van der Waals surface area contributed by atoms with Gasteiger partial charge in [-0.15, -0.1) is 0 Å². The maximum Gasteiger partial charge on any atom is 0.229 e. The predicted octanol–water partition coefficient (Wildman–Crippen LogP) is 3.55. The van der Waals surface area contributed by atoms with Gasteiger partial charge >= 0.3 is 0 Å². The number of rotatable bonds is 4. The van der Waals surface area contributed by atoms with E-state index in [1.54, 1.807) is 24.5 Å². The van der Waals surface area contributed by atoms with Crippen LogP contribution in [-0.2, 0) is 4.79 Å². The Morgan fingerprint density at radius 3 is 2.79 bits per heavy atom. The number of nitrogens with one attached hydrogen (secondary N) is 1. The van der Waals surface area contributed by atoms with E-state index in [1.807, 2.05) is 0 Å². The summed E-state index contributed by atoms with van der Waals surface area (Å²) in [6.45, 7) is 10.2. The monoisotopic (exact) mass is 330 g/mol. The minimum absolute atomic E-state index is 0.0866. The fraction of sp³-hybridized carbons (Fsp3) is 0.471. The Balaban J connectivity index is 2.05. The molecule has 0 radical (unpaired) electrons. The zero-order valence-electron chi connectivity index (χ0n) is 13.6. The lowest BCUT2D eigenvalue weighted by atomic mass is 9.92. The van der Waals surface area contributed by atoms with Gasteiger partial charge in [-0.3, -0.25) is 10.1 Å². The van der Waals surface area contributed by atoms with Gasteiger partial charge in [0.1, 0.15) is 11.3 Å². The summed E-state index contributed by atoms with van der Waals surface area (Å²) in [6, 6.07) is 2.88. The summed E-state index contributed by atoms with van der Waals surface area (Å²) in [4.78, 5) is 19.7. The van der Waals surface area contributed by atoms with Crippen molar-refractivity contribution in [2.75, 3.05) is 5.32 Å². The van der Waals surface area contributed by atoms with Gasteiger partial charge in [-0.25, -0.2) is 14.2 Å². The molecule has 126 valence electrons. The average molecular weight is 330 g/mol. The van der Waals surface area contributed by atoms with Crippen LogP contribution in [0.25, 0.3) is 15.9 Å². The number of amides is 1. The van der Waals surface area contributed by atoms with Crippen LogP contribution in [0.15, 0.2) is 12.1 Å². The second-order valence-electron chi connectivity index (χ2n) is 6.83. The molecule has 1 saturated carbocycles. The average Bonchev–Trinajstić information content (AvgIpc) is 2.74. The Kier molecular flexibility index (Phi) is 4.01. The zero-order chi connectivity index (χ0) is 17.5. The molecule has 6 nitrogen and oxygen atoms in total. The molecule has 0 unspecified atom stereocenters. The standard InChI is InChI=1S/C17H19FN4O2/c1-17(2,24)9-14(23)20-16-21-15-12(18)7-10(19-3)8-13(15)22(16)11-5-4-6-11/h7-8,11,24H,4-6,9H2,1-2H3,(H,20,21,23). The minimum Gasteiger partial charge on any atom is -0.390 e. The van der Waals surface area contributed by atoms with Crippen LogP contribution in [0.3, 0.4) is 0 Å². The van der Waals surface area contributed by atoms with Crippen LogP contribution in [0.2, 0.25) is 0 Å². The van der Waals surface area contributed by atoms with E-state index in [4.69, 9.17) is 6.57 Å². The molecule has 1 aromatic heterocycles. The smallest absolute Gasteiger partial charge is 0.229 e. The van der Waals surface area contributed by atoms with Crippen molar-refractivity contribution >= 4 is 28.6 Å². The number of anilines is 1. The topological polar surface area (TPSA) is 71.5 Å². The van der Waals surface area contributed by atoms with Crippen molar-refractivity contribution in [2.24, 2.45) is 0 Å². The predicted molar refractivity (Wildman–Crippen MR) is 88.4 cm³/mol. The quantitative estimate of drug-likeness (QED) is 0.842. The molecule has 0 atom stereocenters. The van der Waals surface area contributed by atoms with E-state index in [9.17, 15) is 14.3 Å². The Hall–Kier alpha value is -2.46. The van der Waals surface area contributed by atoms with Crippen LogP contribution in [0.4, 0.5) is 16.0 Å². The van der Waals surface area contributed by atoms with Crippen LogP contribution in [0, 0.1) is 12.4 Å². The van der Waals surface area contributed by atoms with Gasteiger partial charge in [-0.2, -0.15) is 0 Å². The first-order valence-electron chi connectivity index (χ1n) is 7.89. The molecule has 1 aliphatic rings. The first kappa shape index (κ1) is 16.4. The third kappa shape index (κ3) is 3.10. The summed E-state index contributed by atoms with van der Waals surface area (Å²) in [7, 11) is 0. The number of imidazole rings is 1. The number of aliphatic hydroxyl groups is 1. The van der Waals surface area contributed by atoms with E-state index in [2.05, 4.69) is 15.1 Å². The number of nitrogens with zero attached hydrogens (tertiary/aromatic N) is 3. The van der Waals surface area contributed by atoms with E-state index in [0.29, 0.717) is 5.52 Å². The minimum atomic E-state index is -1.14. The molecule has 0 aliphatic heterocycles. The lowest BCUT2D eigenvalue weighted by molar-refractivity contribution is -0.119. The number of benzene rings is 1. The Morgan fingerprint density at radius 1 is 1.54 bits per heavy atom. The van der Waals surface area contributed by atoms with E-state index in [1.165, 1.54) is 0 Å². The molecule has 0 saturated heterocycles. The molecule has 1 fully saturated rings. The summed E-state index contributed by atoms with van der Waals surface area (Å²) in [6.07, 6.45) is 2.82. The highest BCUT2D eigenvalue weighted by atomic mass is 19.1. The molecule has 2 N–H and O–H groups in total. The van der Waals surface area contributed by atoms with Gasteiger partial charge in [0.2, 0.25) is 11.9 Å². The second-order valence-corrected chi connectivity index (χ2v) is 6.83. The Bertz CT molecular complexity index is 841. The third-order valence-corrected chi connectivity index (χ3v) is 4.15. The number of halogens is 1. The van der Waals surface area contributed by atoms with Crippen molar-refractivity contribution in [3.63, 3.8) is 0 Å². The van der Waals surface area contributed by atoms with Gasteiger partial charge in [0.15, 0.2) is 5.69 Å². The van der Waals surface area contributed by atoms with Crippen LogP contribution < -0.4 is 5.32 Å². The molecule has 0 bridgehead atoms. The fourth-order valence-electron chi connectivity index (χ4n) is 2.87. The van der Waals surface area contributed by atoms with Crippen molar-refractivity contribution in [1.29, 1.82) is 0 Å². The molecule has 0 spiro atoms. The van der Waals surface area contributed by atoms with E-state index >= 15 is 0 Å². The van der Waals surface area contributed by atoms with Crippen molar-refractivity contribution in [1.82, 2.24) is 9.55 Å². The summed E-state index contributed by atoms with van der Waals surface area (Å²) in [5.41, 5.74) is -0.271. The van der Waals surface area contributed by atoms with Crippen LogP contribution in [-0.4, -0.2) is 26.2 Å². The van der Waals surface area contributed by atoms with E-state index in [-0.39, 0.29) is 35.5 Å². The maximum absolute atomic E-state index is 14.2. The molecule has 24 heavy (non-hydrogen) atoms. The van der Waals surface area contributed by atoms with Gasteiger partial charge in [0, 0.05) is 6.04 Å². The SMILES string of the molecule is [C-]#[N+]c1cc(F)c2nc(NC(=O)CC(C)(C)O)n(C3CCC3)c2c1. The Labute approximate surface area is 139 Å². The number of carbonyl (C=O) groups excluding carboxylic acids is 1. The number of carbonyl (C=O) groups is 1. The molecule has 1 aromatic carbocycles. The number of fused-ring (bicyclic) bond motifs is 1. The highest BCUT2D eigenvalue weighted by molar-refractivity contribution is 5.92. The van der Waals surface area contributed by atoms with Gasteiger partial charge in [0.05, 0.1) is 24.1 Å². The third-order valence-electron chi connectivity index (χ3n) is 4.15. The van der Waals surface area contributed by atoms with Crippen molar-refractivity contribution < 1.29 is 14.3 Å². The number of hydrogen-bond acceptors (Lipinski definition) is 3. The van der Waals surface area contributed by atoms with Gasteiger partial charge in [-0.1, -0.05) is 0 Å². The molecule has 1 aliphatic carbocycles. The Morgan fingerprint density at radius 2 is 2.25 bits per heavy atom. The first-order chi connectivity index (χ1) is 11.3. The van der Waals surface area contributed by atoms with E-state index in [0.717, 1.165) is 25.3 Å². The van der Waals surface area contributed by atoms with Crippen LogP contribution >= 0.6 is 0 Å². The van der Waals surface area contributed by atoms with Gasteiger partial charge in [-0.05, 0) is 45.2 Å². The maximum atomic E-state index is 14.2. The lowest BCUT2D eigenvalue weighted by Gasteiger charge is -2.29. The van der Waals surface area contributed by atoms with Crippen molar-refractivity contribution in [3.8, 4) is 0 Å².